The van der Waals surface area contributed by atoms with Crippen molar-refractivity contribution in [2.24, 2.45) is 11.3 Å². The largest absolute Gasteiger partial charge is 0.274 e. The van der Waals surface area contributed by atoms with Gasteiger partial charge >= 0.3 is 0 Å². The van der Waals surface area contributed by atoms with Crippen LogP contribution < -0.4 is 0 Å². The predicted molar refractivity (Wildman–Crippen MR) is 86.2 cm³/mol. The van der Waals surface area contributed by atoms with E-state index < -0.39 is 0 Å². The summed E-state index contributed by atoms with van der Waals surface area (Å²) < 4.78 is 0.812. The third-order valence-electron chi connectivity index (χ3n) is 3.75. The second kappa shape index (κ2) is 5.60. The van der Waals surface area contributed by atoms with Gasteiger partial charge in [0.1, 0.15) is 0 Å². The number of benzene rings is 1. The number of halogens is 2. The molecular formula is C15H17Br2NO2. The molecular weight excluding hydrogens is 386 g/mol. The van der Waals surface area contributed by atoms with Crippen LogP contribution >= 0.6 is 31.9 Å². The van der Waals surface area contributed by atoms with Gasteiger partial charge in [0.15, 0.2) is 0 Å². The van der Waals surface area contributed by atoms with Gasteiger partial charge in [-0.3, -0.25) is 14.5 Å². The van der Waals surface area contributed by atoms with Crippen molar-refractivity contribution in [1.29, 1.82) is 0 Å². The first-order valence-electron chi connectivity index (χ1n) is 6.47. The van der Waals surface area contributed by atoms with Crippen LogP contribution in [0.15, 0.2) is 22.7 Å². The van der Waals surface area contributed by atoms with Crippen molar-refractivity contribution in [3.05, 3.63) is 33.8 Å². The van der Waals surface area contributed by atoms with Crippen molar-refractivity contribution in [3.63, 3.8) is 0 Å². The molecule has 108 valence electrons. The Labute approximate surface area is 136 Å². The van der Waals surface area contributed by atoms with Gasteiger partial charge in [0.25, 0.3) is 11.8 Å². The van der Waals surface area contributed by atoms with Gasteiger partial charge < -0.3 is 0 Å². The number of nitrogens with zero attached hydrogens (tertiary/aromatic N) is 1. The van der Waals surface area contributed by atoms with E-state index in [-0.39, 0.29) is 23.1 Å². The van der Waals surface area contributed by atoms with E-state index in [0.29, 0.717) is 17.7 Å². The highest BCUT2D eigenvalue weighted by atomic mass is 79.9. The Morgan fingerprint density at radius 2 is 1.75 bits per heavy atom. The summed E-state index contributed by atoms with van der Waals surface area (Å²) in [6.07, 6.45) is 0. The fourth-order valence-electron chi connectivity index (χ4n) is 2.20. The summed E-state index contributed by atoms with van der Waals surface area (Å²) >= 11 is 6.83. The van der Waals surface area contributed by atoms with Crippen LogP contribution in [0.5, 0.6) is 0 Å². The van der Waals surface area contributed by atoms with Gasteiger partial charge in [-0.1, -0.05) is 52.6 Å². The van der Waals surface area contributed by atoms with E-state index in [1.807, 2.05) is 0 Å². The van der Waals surface area contributed by atoms with Crippen molar-refractivity contribution in [2.45, 2.75) is 20.8 Å². The quantitative estimate of drug-likeness (QED) is 0.563. The average Bonchev–Trinajstić information content (AvgIpc) is 2.58. The Balaban J connectivity index is 2.29. The van der Waals surface area contributed by atoms with Crippen LogP contribution in [0.4, 0.5) is 0 Å². The van der Waals surface area contributed by atoms with Gasteiger partial charge in [0, 0.05) is 16.3 Å². The van der Waals surface area contributed by atoms with Gasteiger partial charge in [-0.15, -0.1) is 0 Å². The number of hydrogen-bond donors (Lipinski definition) is 0. The molecule has 0 radical (unpaired) electrons. The molecule has 1 aliphatic heterocycles. The van der Waals surface area contributed by atoms with E-state index in [2.05, 4.69) is 52.6 Å². The molecule has 0 N–H and O–H groups in total. The maximum Gasteiger partial charge on any atom is 0.261 e. The highest BCUT2D eigenvalue weighted by molar-refractivity contribution is 9.10. The fraction of sp³-hybridized carbons (Fsp3) is 0.467. The molecule has 2 amide bonds. The van der Waals surface area contributed by atoms with Gasteiger partial charge in [-0.05, 0) is 29.5 Å². The van der Waals surface area contributed by atoms with Crippen molar-refractivity contribution >= 4 is 43.7 Å². The van der Waals surface area contributed by atoms with E-state index in [4.69, 9.17) is 0 Å². The smallest absolute Gasteiger partial charge is 0.261 e. The molecule has 1 heterocycles. The molecule has 3 nitrogen and oxygen atoms in total. The Morgan fingerprint density at radius 1 is 1.15 bits per heavy atom. The van der Waals surface area contributed by atoms with Gasteiger partial charge in [-0.2, -0.15) is 0 Å². The van der Waals surface area contributed by atoms with E-state index in [0.717, 1.165) is 9.80 Å². The normalized spacial score (nSPS) is 16.6. The van der Waals surface area contributed by atoms with E-state index in [1.165, 1.54) is 4.90 Å². The van der Waals surface area contributed by atoms with Crippen molar-refractivity contribution in [2.75, 3.05) is 11.9 Å². The number of fused-ring (bicyclic) bond motifs is 1. The van der Waals surface area contributed by atoms with Crippen LogP contribution in [0.3, 0.4) is 0 Å². The Morgan fingerprint density at radius 3 is 2.30 bits per heavy atom. The number of amides is 2. The molecule has 20 heavy (non-hydrogen) atoms. The molecule has 0 bridgehead atoms. The number of carbonyl (C=O) groups is 2. The van der Waals surface area contributed by atoms with Crippen LogP contribution in [0.25, 0.3) is 0 Å². The lowest BCUT2D eigenvalue weighted by Crippen LogP contribution is -2.39. The first-order chi connectivity index (χ1) is 9.25. The summed E-state index contributed by atoms with van der Waals surface area (Å²) in [6, 6.07) is 5.22. The minimum absolute atomic E-state index is 0.0272. The molecule has 1 aromatic carbocycles. The number of rotatable bonds is 3. The number of carbonyl (C=O) groups excluding carboxylic acids is 2. The molecule has 1 unspecified atom stereocenters. The minimum atomic E-state index is -0.193. The second-order valence-electron chi connectivity index (χ2n) is 6.13. The van der Waals surface area contributed by atoms with Crippen LogP contribution in [0, 0.1) is 11.3 Å². The van der Waals surface area contributed by atoms with E-state index >= 15 is 0 Å². The highest BCUT2D eigenvalue weighted by Gasteiger charge is 2.38. The summed E-state index contributed by atoms with van der Waals surface area (Å²) in [7, 11) is 0. The lowest BCUT2D eigenvalue weighted by molar-refractivity contribution is 0.0599. The molecule has 0 spiro atoms. The zero-order valence-electron chi connectivity index (χ0n) is 11.7. The maximum absolute atomic E-state index is 12.4. The molecule has 1 aliphatic rings. The van der Waals surface area contributed by atoms with Gasteiger partial charge in [0.05, 0.1) is 11.1 Å². The third-order valence-corrected chi connectivity index (χ3v) is 5.02. The molecule has 1 atom stereocenters. The molecule has 0 aromatic heterocycles. The minimum Gasteiger partial charge on any atom is -0.274 e. The standard InChI is InChI=1S/C15H17Br2NO2/c1-15(2,3)9(7-16)8-18-13(19)11-5-4-10(17)6-12(11)14(18)20/h4-6,9H,7-8H2,1-3H3. The first-order valence-corrected chi connectivity index (χ1v) is 8.39. The molecule has 5 heteroatoms. The summed E-state index contributed by atoms with van der Waals surface area (Å²) in [5.74, 6) is -0.164. The average molecular weight is 403 g/mol. The topological polar surface area (TPSA) is 37.4 Å². The molecule has 2 rings (SSSR count). The van der Waals surface area contributed by atoms with Crippen LogP contribution in [-0.2, 0) is 0 Å². The van der Waals surface area contributed by atoms with Crippen LogP contribution in [0.1, 0.15) is 41.5 Å². The Hall–Kier alpha value is -0.680. The zero-order valence-corrected chi connectivity index (χ0v) is 14.9. The lowest BCUT2D eigenvalue weighted by atomic mass is 9.82. The monoisotopic (exact) mass is 401 g/mol. The van der Waals surface area contributed by atoms with Crippen molar-refractivity contribution < 1.29 is 9.59 Å². The van der Waals surface area contributed by atoms with Crippen LogP contribution in [0.2, 0.25) is 0 Å². The van der Waals surface area contributed by atoms with E-state index in [1.54, 1.807) is 18.2 Å². The SMILES string of the molecule is CC(C)(C)C(CBr)CN1C(=O)c2ccc(Br)cc2C1=O. The number of hydrogen-bond acceptors (Lipinski definition) is 2. The molecule has 0 aliphatic carbocycles. The highest BCUT2D eigenvalue weighted by Crippen LogP contribution is 2.32. The fourth-order valence-corrected chi connectivity index (χ4v) is 3.74. The van der Waals surface area contributed by atoms with Crippen LogP contribution in [-0.4, -0.2) is 28.6 Å². The van der Waals surface area contributed by atoms with E-state index in [9.17, 15) is 9.59 Å². The van der Waals surface area contributed by atoms with Crippen molar-refractivity contribution in [3.8, 4) is 0 Å². The van der Waals surface area contributed by atoms with Gasteiger partial charge in [-0.25, -0.2) is 0 Å². The summed E-state index contributed by atoms with van der Waals surface area (Å²) in [5.41, 5.74) is 1.02. The third kappa shape index (κ3) is 2.84. The summed E-state index contributed by atoms with van der Waals surface area (Å²) in [6.45, 7) is 6.80. The Kier molecular flexibility index (Phi) is 4.40. The predicted octanol–water partition coefficient (Wildman–Crippen LogP) is 4.10. The summed E-state index contributed by atoms with van der Waals surface area (Å²) in [5, 5.41) is 0.758. The zero-order chi connectivity index (χ0) is 15.1. The lowest BCUT2D eigenvalue weighted by Gasteiger charge is -2.31. The second-order valence-corrected chi connectivity index (χ2v) is 7.69. The van der Waals surface area contributed by atoms with Gasteiger partial charge in [0.2, 0.25) is 0 Å². The molecule has 0 saturated heterocycles. The first kappa shape index (κ1) is 15.7. The molecule has 0 fully saturated rings. The number of alkyl halides is 1. The van der Waals surface area contributed by atoms with Crippen molar-refractivity contribution in [1.82, 2.24) is 4.90 Å². The Bertz CT molecular complexity index is 563. The molecule has 0 saturated carbocycles. The molecule has 1 aromatic rings. The number of imide groups is 1. The maximum atomic E-state index is 12.4. The summed E-state index contributed by atoms with van der Waals surface area (Å²) in [4.78, 5) is 26.1.